The first kappa shape index (κ1) is 42.7. The molecule has 1 heterocycles. The summed E-state index contributed by atoms with van der Waals surface area (Å²) in [5, 5.41) is 2.53. The van der Waals surface area contributed by atoms with Crippen molar-refractivity contribution >= 4 is 50.0 Å². The van der Waals surface area contributed by atoms with Crippen molar-refractivity contribution in [3.05, 3.63) is 265 Å². The second-order valence-electron chi connectivity index (χ2n) is 18.7. The number of nitrogens with zero attached hydrogens (tertiary/aromatic N) is 2. The molecule has 2 nitrogen and oxygen atoms in total. The molecule has 2 unspecified atom stereocenters. The van der Waals surface area contributed by atoms with Gasteiger partial charge >= 0.3 is 0 Å². The Balaban J connectivity index is 0.865. The summed E-state index contributed by atoms with van der Waals surface area (Å²) in [6.07, 6.45) is 28.8. The lowest BCUT2D eigenvalue weighted by Gasteiger charge is -2.26. The number of fused-ring (bicyclic) bond motifs is 4. The van der Waals surface area contributed by atoms with Gasteiger partial charge < -0.3 is 9.47 Å². The van der Waals surface area contributed by atoms with Crippen molar-refractivity contribution in [1.29, 1.82) is 0 Å². The Morgan fingerprint density at radius 2 is 1.20 bits per heavy atom. The number of terminal acetylenes is 1. The number of hydrogen-bond donors (Lipinski definition) is 0. The molecule has 0 saturated heterocycles. The molecule has 0 spiro atoms. The molecule has 9 aromatic rings. The maximum Gasteiger partial charge on any atom is 0.0547 e. The van der Waals surface area contributed by atoms with Crippen molar-refractivity contribution < 1.29 is 0 Å². The van der Waals surface area contributed by atoms with E-state index >= 15 is 0 Å². The smallest absolute Gasteiger partial charge is 0.0547 e. The highest BCUT2D eigenvalue weighted by molar-refractivity contribution is 6.15. The van der Waals surface area contributed by atoms with Gasteiger partial charge in [0, 0.05) is 39.4 Å². The summed E-state index contributed by atoms with van der Waals surface area (Å²) in [5.41, 5.74) is 22.0. The number of anilines is 3. The Hall–Kier alpha value is -8.64. The van der Waals surface area contributed by atoms with Gasteiger partial charge in [-0.25, -0.2) is 0 Å². The highest BCUT2D eigenvalue weighted by atomic mass is 15.1. The predicted molar refractivity (Wildman–Crippen MR) is 298 cm³/mol. The molecule has 1 aromatic heterocycles. The normalized spacial score (nSPS) is 16.3. The van der Waals surface area contributed by atoms with Crippen molar-refractivity contribution in [2.24, 2.45) is 5.92 Å². The molecule has 8 aromatic carbocycles. The van der Waals surface area contributed by atoms with Crippen LogP contribution in [0.5, 0.6) is 0 Å². The van der Waals surface area contributed by atoms with Gasteiger partial charge in [-0.2, -0.15) is 0 Å². The zero-order valence-electron chi connectivity index (χ0n) is 39.3. The zero-order valence-corrected chi connectivity index (χ0v) is 39.3. The molecule has 3 aliphatic rings. The van der Waals surface area contributed by atoms with E-state index in [1.807, 2.05) is 6.08 Å². The van der Waals surface area contributed by atoms with Gasteiger partial charge in [0.1, 0.15) is 0 Å². The second-order valence-corrected chi connectivity index (χ2v) is 18.7. The van der Waals surface area contributed by atoms with E-state index in [1.165, 1.54) is 94.3 Å². The number of rotatable bonds is 10. The summed E-state index contributed by atoms with van der Waals surface area (Å²) in [5.74, 6) is 3.37. The molecule has 12 rings (SSSR count). The average Bonchev–Trinajstić information content (AvgIpc) is 3.92. The SMILES string of the molecule is C#C/C=C\C1=C(C)c2ccc(-c3ccc(N(c4ccc(C5=CCCC=C5)cc4)c4ccc(-c5ccc(-c6cccc7c6c6ccccc6n7-c6ccccc6)cc5)cc4)cc3)cc2C1C1C=CC=CC1. The van der Waals surface area contributed by atoms with Crippen LogP contribution in [0.2, 0.25) is 0 Å². The molecule has 0 N–H and O–H groups in total. The van der Waals surface area contributed by atoms with E-state index in [9.17, 15) is 0 Å². The van der Waals surface area contributed by atoms with Crippen LogP contribution >= 0.6 is 0 Å². The average molecular weight is 897 g/mol. The van der Waals surface area contributed by atoms with Gasteiger partial charge in [-0.1, -0.05) is 170 Å². The first-order valence-corrected chi connectivity index (χ1v) is 24.6. The van der Waals surface area contributed by atoms with E-state index in [1.54, 1.807) is 0 Å². The summed E-state index contributed by atoms with van der Waals surface area (Å²) in [6.45, 7) is 2.24. The van der Waals surface area contributed by atoms with Gasteiger partial charge in [-0.3, -0.25) is 0 Å². The van der Waals surface area contributed by atoms with E-state index in [2.05, 4.69) is 259 Å². The van der Waals surface area contributed by atoms with Crippen LogP contribution in [0.25, 0.3) is 72.0 Å². The molecule has 0 fully saturated rings. The minimum Gasteiger partial charge on any atom is -0.311 e. The number of aromatic nitrogens is 1. The minimum atomic E-state index is 0.258. The fraction of sp³-hybridized carbons (Fsp3) is 0.0882. The Kier molecular flexibility index (Phi) is 11.3. The summed E-state index contributed by atoms with van der Waals surface area (Å²) in [7, 11) is 0. The lowest BCUT2D eigenvalue weighted by atomic mass is 9.79. The Morgan fingerprint density at radius 1 is 0.571 bits per heavy atom. The summed E-state index contributed by atoms with van der Waals surface area (Å²) in [6, 6.07) is 69.3. The molecule has 0 bridgehead atoms. The van der Waals surface area contributed by atoms with Gasteiger partial charge in [0.05, 0.1) is 11.0 Å². The third-order valence-electron chi connectivity index (χ3n) is 14.6. The zero-order chi connectivity index (χ0) is 47.0. The van der Waals surface area contributed by atoms with E-state index < -0.39 is 0 Å². The summed E-state index contributed by atoms with van der Waals surface area (Å²) >= 11 is 0. The van der Waals surface area contributed by atoms with Crippen LogP contribution in [0.3, 0.4) is 0 Å². The van der Waals surface area contributed by atoms with Crippen molar-refractivity contribution in [2.75, 3.05) is 4.90 Å². The summed E-state index contributed by atoms with van der Waals surface area (Å²) < 4.78 is 2.38. The molecule has 0 radical (unpaired) electrons. The van der Waals surface area contributed by atoms with Gasteiger partial charge in [-0.15, -0.1) is 6.42 Å². The van der Waals surface area contributed by atoms with E-state index in [0.717, 1.165) is 36.3 Å². The van der Waals surface area contributed by atoms with Crippen molar-refractivity contribution in [3.8, 4) is 51.4 Å². The molecular formula is C68H52N2. The van der Waals surface area contributed by atoms with Crippen molar-refractivity contribution in [3.63, 3.8) is 0 Å². The molecule has 0 aliphatic heterocycles. The van der Waals surface area contributed by atoms with Crippen LogP contribution in [0.1, 0.15) is 48.8 Å². The highest BCUT2D eigenvalue weighted by Gasteiger charge is 2.33. The molecular weight excluding hydrogens is 845 g/mol. The van der Waals surface area contributed by atoms with Gasteiger partial charge in [-0.05, 0) is 178 Å². The molecule has 2 atom stereocenters. The largest absolute Gasteiger partial charge is 0.311 e. The Morgan fingerprint density at radius 3 is 1.87 bits per heavy atom. The molecule has 70 heavy (non-hydrogen) atoms. The van der Waals surface area contributed by atoms with Crippen molar-refractivity contribution in [1.82, 2.24) is 4.57 Å². The number of benzene rings is 8. The first-order valence-electron chi connectivity index (χ1n) is 24.6. The van der Waals surface area contributed by atoms with Gasteiger partial charge in [0.2, 0.25) is 0 Å². The molecule has 0 saturated carbocycles. The Bertz CT molecular complexity index is 3660. The van der Waals surface area contributed by atoms with E-state index in [0.29, 0.717) is 5.92 Å². The molecule has 334 valence electrons. The number of allylic oxidation sites excluding steroid dienone is 12. The third kappa shape index (κ3) is 7.76. The van der Waals surface area contributed by atoms with Crippen LogP contribution in [0.4, 0.5) is 17.1 Å². The van der Waals surface area contributed by atoms with Crippen molar-refractivity contribution in [2.45, 2.75) is 32.1 Å². The lowest BCUT2D eigenvalue weighted by Crippen LogP contribution is -2.11. The molecule has 0 amide bonds. The monoisotopic (exact) mass is 896 g/mol. The standard InChI is InChI=1S/C68H52N2/c1-3-4-23-61-47(2)60-45-38-55(46-64(60)67(61)54-19-10-6-11-20-54)52-36-43-59(44-37-52)69(57-39-32-50(33-40-57)48-17-8-5-9-18-48)58-41-34-51(35-42-58)49-28-30-53(31-29-49)62-25-16-27-66-68(62)63-24-14-15-26-65(63)70(66)56-21-12-7-13-22-56/h1,4,6-8,10-19,21-46,54,67H,5,9,20H2,2H3/b23-4-. The first-order chi connectivity index (χ1) is 34.6. The highest BCUT2D eigenvalue weighted by Crippen LogP contribution is 2.50. The lowest BCUT2D eigenvalue weighted by molar-refractivity contribution is 0.579. The number of para-hydroxylation sites is 2. The fourth-order valence-corrected chi connectivity index (χ4v) is 11.2. The van der Waals surface area contributed by atoms with Gasteiger partial charge in [0.25, 0.3) is 0 Å². The van der Waals surface area contributed by atoms with E-state index in [-0.39, 0.29) is 5.92 Å². The maximum atomic E-state index is 5.72. The minimum absolute atomic E-state index is 0.258. The van der Waals surface area contributed by atoms with Crippen LogP contribution in [0, 0.1) is 18.3 Å². The molecule has 3 aliphatic carbocycles. The predicted octanol–water partition coefficient (Wildman–Crippen LogP) is 18.2. The second kappa shape index (κ2) is 18.5. The van der Waals surface area contributed by atoms with Crippen LogP contribution < -0.4 is 4.90 Å². The topological polar surface area (TPSA) is 8.17 Å². The van der Waals surface area contributed by atoms with Crippen LogP contribution in [0.15, 0.2) is 248 Å². The maximum absolute atomic E-state index is 5.72. The van der Waals surface area contributed by atoms with Crippen LogP contribution in [-0.2, 0) is 0 Å². The number of hydrogen-bond acceptors (Lipinski definition) is 1. The van der Waals surface area contributed by atoms with E-state index in [4.69, 9.17) is 6.42 Å². The fourth-order valence-electron chi connectivity index (χ4n) is 11.2. The summed E-state index contributed by atoms with van der Waals surface area (Å²) in [4.78, 5) is 2.37. The van der Waals surface area contributed by atoms with Crippen LogP contribution in [-0.4, -0.2) is 4.57 Å². The quantitative estimate of drug-likeness (QED) is 0.124. The Labute approximate surface area is 411 Å². The third-order valence-corrected chi connectivity index (χ3v) is 14.6. The molecule has 2 heteroatoms. The van der Waals surface area contributed by atoms with Gasteiger partial charge in [0.15, 0.2) is 0 Å².